The average Bonchev–Trinajstić information content (AvgIpc) is 2.75. The fraction of sp³-hybridized carbons (Fsp3) is 0.190. The Morgan fingerprint density at radius 3 is 2.74 bits per heavy atom. The third kappa shape index (κ3) is 5.15. The van der Waals surface area contributed by atoms with Crippen LogP contribution < -0.4 is 21.3 Å². The minimum atomic E-state index is -0.758. The van der Waals surface area contributed by atoms with E-state index in [1.54, 1.807) is 31.2 Å². The highest BCUT2D eigenvalue weighted by molar-refractivity contribution is 9.10. The van der Waals surface area contributed by atoms with E-state index in [-0.39, 0.29) is 28.4 Å². The van der Waals surface area contributed by atoms with Crippen LogP contribution in [0.5, 0.6) is 5.88 Å². The molecule has 3 N–H and O–H groups in total. The lowest BCUT2D eigenvalue weighted by Gasteiger charge is -2.14. The van der Waals surface area contributed by atoms with E-state index in [2.05, 4.69) is 26.2 Å². The zero-order chi connectivity index (χ0) is 22.5. The van der Waals surface area contributed by atoms with E-state index < -0.39 is 17.2 Å². The molecule has 0 aliphatic rings. The number of nitrogens with two attached hydrogens (primary N) is 1. The molecular weight excluding hydrogens is 474 g/mol. The first-order chi connectivity index (χ1) is 14.8. The maximum absolute atomic E-state index is 13.8. The quantitative estimate of drug-likeness (QED) is 0.528. The van der Waals surface area contributed by atoms with Gasteiger partial charge in [-0.2, -0.15) is 4.98 Å². The molecule has 3 rings (SSSR count). The standard InChI is InChI=1S/C21H19BrF2N4O3/c1-12-27-20(31-11-14-5-6-15(23)10-17(14)24)18(22)21(30)28(12)16-4-2-3-13(9-16)19(29)26-8-7-25/h2-6,9-10H,7-8,11,25H2,1H3,(H,26,29). The number of hydrogen-bond donors (Lipinski definition) is 2. The molecule has 10 heteroatoms. The molecule has 0 fully saturated rings. The number of carbonyl (C=O) groups excluding carboxylic acids is 1. The summed E-state index contributed by atoms with van der Waals surface area (Å²) in [6, 6.07) is 9.61. The molecule has 0 spiro atoms. The highest BCUT2D eigenvalue weighted by Gasteiger charge is 2.17. The summed E-state index contributed by atoms with van der Waals surface area (Å²) < 4.78 is 33.7. The van der Waals surface area contributed by atoms with Crippen molar-refractivity contribution in [2.75, 3.05) is 13.1 Å². The van der Waals surface area contributed by atoms with Crippen LogP contribution in [0.15, 0.2) is 51.7 Å². The second-order valence-electron chi connectivity index (χ2n) is 6.54. The van der Waals surface area contributed by atoms with Crippen molar-refractivity contribution < 1.29 is 18.3 Å². The number of benzene rings is 2. The van der Waals surface area contributed by atoms with Crippen LogP contribution in [-0.4, -0.2) is 28.5 Å². The summed E-state index contributed by atoms with van der Waals surface area (Å²) in [6.45, 7) is 2.00. The van der Waals surface area contributed by atoms with E-state index in [0.717, 1.165) is 12.1 Å². The summed E-state index contributed by atoms with van der Waals surface area (Å²) in [4.78, 5) is 29.4. The lowest BCUT2D eigenvalue weighted by Crippen LogP contribution is -2.29. The second-order valence-corrected chi connectivity index (χ2v) is 7.33. The zero-order valence-electron chi connectivity index (χ0n) is 16.5. The van der Waals surface area contributed by atoms with Gasteiger partial charge in [-0.15, -0.1) is 0 Å². The topological polar surface area (TPSA) is 99.2 Å². The van der Waals surface area contributed by atoms with Gasteiger partial charge >= 0.3 is 0 Å². The van der Waals surface area contributed by atoms with Gasteiger partial charge < -0.3 is 15.8 Å². The van der Waals surface area contributed by atoms with Gasteiger partial charge in [-0.05, 0) is 53.2 Å². The third-order valence-electron chi connectivity index (χ3n) is 4.34. The van der Waals surface area contributed by atoms with Crippen LogP contribution in [0.2, 0.25) is 0 Å². The molecule has 2 aromatic carbocycles. The monoisotopic (exact) mass is 492 g/mol. The molecule has 1 heterocycles. The molecule has 0 radical (unpaired) electrons. The number of hydrogen-bond acceptors (Lipinski definition) is 5. The Hall–Kier alpha value is -3.11. The van der Waals surface area contributed by atoms with Crippen molar-refractivity contribution in [2.45, 2.75) is 13.5 Å². The summed E-state index contributed by atoms with van der Waals surface area (Å²) in [5.74, 6) is -1.50. The molecule has 1 aromatic heterocycles. The molecular formula is C21H19BrF2N4O3. The van der Waals surface area contributed by atoms with Crippen LogP contribution in [0.3, 0.4) is 0 Å². The van der Waals surface area contributed by atoms with E-state index in [0.29, 0.717) is 30.2 Å². The smallest absolute Gasteiger partial charge is 0.276 e. The molecule has 1 amide bonds. The number of rotatable bonds is 7. The van der Waals surface area contributed by atoms with E-state index >= 15 is 0 Å². The molecule has 0 atom stereocenters. The molecule has 0 aliphatic heterocycles. The Kier molecular flexibility index (Phi) is 7.13. The van der Waals surface area contributed by atoms with Gasteiger partial charge in [0.2, 0.25) is 5.88 Å². The fourth-order valence-corrected chi connectivity index (χ4v) is 3.22. The van der Waals surface area contributed by atoms with E-state index in [1.807, 2.05) is 0 Å². The van der Waals surface area contributed by atoms with Crippen molar-refractivity contribution in [3.63, 3.8) is 0 Å². The summed E-state index contributed by atoms with van der Waals surface area (Å²) in [6.07, 6.45) is 0. The van der Waals surface area contributed by atoms with Gasteiger partial charge in [0, 0.05) is 30.3 Å². The van der Waals surface area contributed by atoms with Gasteiger partial charge in [0.1, 0.15) is 28.5 Å². The summed E-state index contributed by atoms with van der Waals surface area (Å²) in [5.41, 5.74) is 5.85. The van der Waals surface area contributed by atoms with Crippen molar-refractivity contribution in [2.24, 2.45) is 5.73 Å². The number of aryl methyl sites for hydroxylation is 1. The number of carbonyl (C=O) groups is 1. The predicted octanol–water partition coefficient (Wildman–Crippen LogP) is 2.85. The minimum Gasteiger partial charge on any atom is -0.472 e. The molecule has 0 unspecified atom stereocenters. The number of nitrogens with zero attached hydrogens (tertiary/aromatic N) is 2. The van der Waals surface area contributed by atoms with Crippen LogP contribution in [0.4, 0.5) is 8.78 Å². The maximum Gasteiger partial charge on any atom is 0.276 e. The molecule has 0 aliphatic carbocycles. The molecule has 0 saturated carbocycles. The van der Waals surface area contributed by atoms with Crippen LogP contribution in [0.1, 0.15) is 21.7 Å². The van der Waals surface area contributed by atoms with Crippen molar-refractivity contribution in [1.82, 2.24) is 14.9 Å². The Labute approximate surface area is 185 Å². The van der Waals surface area contributed by atoms with E-state index in [9.17, 15) is 18.4 Å². The van der Waals surface area contributed by atoms with Crippen LogP contribution >= 0.6 is 15.9 Å². The first-order valence-corrected chi connectivity index (χ1v) is 10.1. The van der Waals surface area contributed by atoms with Gasteiger partial charge in [0.05, 0.1) is 5.69 Å². The Morgan fingerprint density at radius 1 is 1.26 bits per heavy atom. The highest BCUT2D eigenvalue weighted by Crippen LogP contribution is 2.22. The van der Waals surface area contributed by atoms with Crippen molar-refractivity contribution in [3.05, 3.63) is 85.9 Å². The van der Waals surface area contributed by atoms with Gasteiger partial charge in [0.15, 0.2) is 0 Å². The van der Waals surface area contributed by atoms with Crippen LogP contribution in [0.25, 0.3) is 5.69 Å². The van der Waals surface area contributed by atoms with Crippen molar-refractivity contribution >= 4 is 21.8 Å². The Balaban J connectivity index is 1.90. The van der Waals surface area contributed by atoms with E-state index in [4.69, 9.17) is 10.5 Å². The maximum atomic E-state index is 13.8. The lowest BCUT2D eigenvalue weighted by atomic mass is 10.2. The molecule has 3 aromatic rings. The zero-order valence-corrected chi connectivity index (χ0v) is 18.1. The van der Waals surface area contributed by atoms with Gasteiger partial charge in [-0.1, -0.05) is 6.07 Å². The molecule has 7 nitrogen and oxygen atoms in total. The first-order valence-electron chi connectivity index (χ1n) is 9.26. The predicted molar refractivity (Wildman–Crippen MR) is 114 cm³/mol. The Morgan fingerprint density at radius 2 is 2.03 bits per heavy atom. The largest absolute Gasteiger partial charge is 0.472 e. The van der Waals surface area contributed by atoms with Crippen LogP contribution in [0, 0.1) is 18.6 Å². The summed E-state index contributed by atoms with van der Waals surface area (Å²) in [5, 5.41) is 2.67. The number of amides is 1. The van der Waals surface area contributed by atoms with Crippen molar-refractivity contribution in [3.8, 4) is 11.6 Å². The second kappa shape index (κ2) is 9.80. The summed E-state index contributed by atoms with van der Waals surface area (Å²) >= 11 is 3.18. The molecule has 0 saturated heterocycles. The fourth-order valence-electron chi connectivity index (χ4n) is 2.84. The number of ether oxygens (including phenoxy) is 1. The highest BCUT2D eigenvalue weighted by atomic mass is 79.9. The lowest BCUT2D eigenvalue weighted by molar-refractivity contribution is 0.0954. The van der Waals surface area contributed by atoms with Gasteiger partial charge in [-0.25, -0.2) is 8.78 Å². The molecule has 31 heavy (non-hydrogen) atoms. The third-order valence-corrected chi connectivity index (χ3v) is 5.02. The minimum absolute atomic E-state index is 0.0265. The summed E-state index contributed by atoms with van der Waals surface area (Å²) in [7, 11) is 0. The van der Waals surface area contributed by atoms with Gasteiger partial charge in [0.25, 0.3) is 11.5 Å². The molecule has 162 valence electrons. The first kappa shape index (κ1) is 22.6. The Bertz CT molecular complexity index is 1180. The number of aromatic nitrogens is 2. The normalized spacial score (nSPS) is 10.7. The van der Waals surface area contributed by atoms with Crippen LogP contribution in [-0.2, 0) is 6.61 Å². The van der Waals surface area contributed by atoms with Crippen molar-refractivity contribution in [1.29, 1.82) is 0 Å². The van der Waals surface area contributed by atoms with E-state index in [1.165, 1.54) is 10.6 Å². The average molecular weight is 493 g/mol. The van der Waals surface area contributed by atoms with Gasteiger partial charge in [-0.3, -0.25) is 14.2 Å². The number of halogens is 3. The molecule has 0 bridgehead atoms. The SMILES string of the molecule is Cc1nc(OCc2ccc(F)cc2F)c(Br)c(=O)n1-c1cccc(C(=O)NCCN)c1. The number of nitrogens with one attached hydrogen (secondary N) is 1.